The average Bonchev–Trinajstić information content (AvgIpc) is 3.09. The van der Waals surface area contributed by atoms with Crippen LogP contribution in [-0.4, -0.2) is 101 Å². The lowest BCUT2D eigenvalue weighted by atomic mass is 9.82. The van der Waals surface area contributed by atoms with Gasteiger partial charge in [-0.1, -0.05) is 0 Å². The molecule has 2 rings (SSSR count). The summed E-state index contributed by atoms with van der Waals surface area (Å²) in [6.07, 6.45) is 0.0619. The zero-order valence-corrected chi connectivity index (χ0v) is 25.5. The van der Waals surface area contributed by atoms with Crippen molar-refractivity contribution in [2.24, 2.45) is 0 Å². The number of rotatable bonds is 8. The van der Waals surface area contributed by atoms with Crippen molar-refractivity contribution in [3.63, 3.8) is 0 Å². The Labute approximate surface area is 243 Å². The molecule has 1 saturated heterocycles. The van der Waals surface area contributed by atoms with E-state index in [1.54, 1.807) is 0 Å². The van der Waals surface area contributed by atoms with Crippen molar-refractivity contribution < 1.29 is 62.0 Å². The number of hydrogen-bond donors (Lipinski definition) is 0. The molecule has 14 heteroatoms. The lowest BCUT2D eigenvalue weighted by molar-refractivity contribution is -0.292. The number of ether oxygens (including phenoxy) is 6. The third kappa shape index (κ3) is 6.23. The minimum Gasteiger partial charge on any atom is -0.466 e. The number of piperidine rings is 1. The van der Waals surface area contributed by atoms with Gasteiger partial charge in [-0.25, -0.2) is 28.8 Å². The third-order valence-corrected chi connectivity index (χ3v) is 7.07. The Kier molecular flexibility index (Phi) is 10.8. The molecule has 0 spiro atoms. The molecule has 0 aromatic carbocycles. The molecule has 0 bridgehead atoms. The van der Waals surface area contributed by atoms with Crippen molar-refractivity contribution in [3.05, 3.63) is 33.4 Å². The highest BCUT2D eigenvalue weighted by molar-refractivity contribution is 6.23. The van der Waals surface area contributed by atoms with Crippen LogP contribution in [-0.2, 0) is 62.0 Å². The van der Waals surface area contributed by atoms with Gasteiger partial charge in [-0.05, 0) is 47.0 Å². The minimum atomic E-state index is -1.98. The Balaban J connectivity index is 3.37. The molecular weight excluding hydrogens is 558 g/mol. The van der Waals surface area contributed by atoms with Gasteiger partial charge in [0.05, 0.1) is 76.1 Å². The van der Waals surface area contributed by atoms with Crippen molar-refractivity contribution in [2.75, 3.05) is 42.7 Å². The summed E-state index contributed by atoms with van der Waals surface area (Å²) in [6, 6.07) is 0. The summed E-state index contributed by atoms with van der Waals surface area (Å²) in [7, 11) is 5.71. The lowest BCUT2D eigenvalue weighted by Gasteiger charge is -2.52. The van der Waals surface area contributed by atoms with E-state index in [1.807, 2.05) is 27.7 Å². The first-order valence-electron chi connectivity index (χ1n) is 12.8. The van der Waals surface area contributed by atoms with Crippen LogP contribution in [0.25, 0.3) is 0 Å². The van der Waals surface area contributed by atoms with E-state index in [9.17, 15) is 28.8 Å². The maximum atomic E-state index is 13.6. The smallest absolute Gasteiger partial charge is 0.339 e. The van der Waals surface area contributed by atoms with E-state index in [-0.39, 0.29) is 0 Å². The summed E-state index contributed by atoms with van der Waals surface area (Å²) in [5.41, 5.74) is -6.54. The molecule has 232 valence electrons. The number of carbonyl (C=O) groups is 6. The fraction of sp³-hybridized carbons (Fsp3) is 0.571. The highest BCUT2D eigenvalue weighted by Crippen LogP contribution is 2.43. The Morgan fingerprint density at radius 1 is 0.524 bits per heavy atom. The molecule has 14 nitrogen and oxygen atoms in total. The van der Waals surface area contributed by atoms with Crippen LogP contribution >= 0.6 is 0 Å². The molecule has 0 aromatic heterocycles. The maximum Gasteiger partial charge on any atom is 0.339 e. The standard InChI is InChI=1S/C28H37NO13/c1-27(2)12-11-13-28(3,4)29(27)42-20-18(25(34)40-9)16(23(32)38-7)14(21(30)36-5)15(22(31)37-6)17(24(33)39-8)19(20)26(35)41-10/h20H,11-13H2,1-10H3. The van der Waals surface area contributed by atoms with Crippen LogP contribution in [0.15, 0.2) is 33.4 Å². The number of nitrogens with zero attached hydrogens (tertiary/aromatic N) is 1. The Morgan fingerprint density at radius 3 is 1.10 bits per heavy atom. The fourth-order valence-electron chi connectivity index (χ4n) is 5.28. The zero-order chi connectivity index (χ0) is 32.2. The molecule has 0 atom stereocenters. The van der Waals surface area contributed by atoms with Gasteiger partial charge in [0, 0.05) is 11.1 Å². The van der Waals surface area contributed by atoms with E-state index < -0.39 is 86.4 Å². The van der Waals surface area contributed by atoms with Crippen molar-refractivity contribution in [3.8, 4) is 0 Å². The molecule has 1 aliphatic heterocycles. The summed E-state index contributed by atoms with van der Waals surface area (Å²) < 4.78 is 29.5. The Morgan fingerprint density at radius 2 is 0.810 bits per heavy atom. The molecule has 1 fully saturated rings. The molecular formula is C28H37NO13. The predicted molar refractivity (Wildman–Crippen MR) is 142 cm³/mol. The van der Waals surface area contributed by atoms with Crippen molar-refractivity contribution in [1.29, 1.82) is 0 Å². The number of esters is 6. The molecule has 0 saturated carbocycles. The van der Waals surface area contributed by atoms with Gasteiger partial charge in [-0.15, -0.1) is 0 Å². The van der Waals surface area contributed by atoms with Crippen LogP contribution in [0.1, 0.15) is 47.0 Å². The molecule has 0 aromatic rings. The van der Waals surface area contributed by atoms with Gasteiger partial charge in [-0.3, -0.25) is 4.84 Å². The minimum absolute atomic E-state index is 0.616. The van der Waals surface area contributed by atoms with Crippen LogP contribution in [0.3, 0.4) is 0 Å². The topological polar surface area (TPSA) is 170 Å². The molecule has 0 unspecified atom stereocenters. The molecule has 0 amide bonds. The van der Waals surface area contributed by atoms with Crippen LogP contribution in [0.5, 0.6) is 0 Å². The van der Waals surface area contributed by atoms with Gasteiger partial charge >= 0.3 is 35.8 Å². The lowest BCUT2D eigenvalue weighted by Crippen LogP contribution is -2.60. The summed E-state index contributed by atoms with van der Waals surface area (Å²) in [6.45, 7) is 7.42. The van der Waals surface area contributed by atoms with Crippen molar-refractivity contribution >= 4 is 35.8 Å². The molecule has 0 N–H and O–H groups in total. The first-order valence-corrected chi connectivity index (χ1v) is 12.8. The van der Waals surface area contributed by atoms with Crippen LogP contribution in [0, 0.1) is 0 Å². The van der Waals surface area contributed by atoms with Gasteiger partial charge in [0.25, 0.3) is 0 Å². The van der Waals surface area contributed by atoms with Gasteiger partial charge < -0.3 is 28.4 Å². The SMILES string of the molecule is COC(=O)C1=C(C(=O)OC)C(C(=O)OC)=C(C(=O)OC)C(ON2C(C)(C)CCCC2(C)C)C(C(=O)OC)=C1C(=O)OC. The van der Waals surface area contributed by atoms with E-state index in [1.165, 1.54) is 5.06 Å². The normalized spacial score (nSPS) is 19.0. The number of hydrogen-bond acceptors (Lipinski definition) is 14. The highest BCUT2D eigenvalue weighted by atomic mass is 16.7. The van der Waals surface area contributed by atoms with Crippen molar-refractivity contribution in [2.45, 2.75) is 64.1 Å². The summed E-state index contributed by atoms with van der Waals surface area (Å²) in [5, 5.41) is 1.53. The average molecular weight is 596 g/mol. The van der Waals surface area contributed by atoms with Gasteiger partial charge in [0.15, 0.2) is 0 Å². The zero-order valence-electron chi connectivity index (χ0n) is 25.5. The summed E-state index contributed by atoms with van der Waals surface area (Å²) in [5.74, 6) is -7.88. The first-order chi connectivity index (χ1) is 19.6. The molecule has 1 heterocycles. The largest absolute Gasteiger partial charge is 0.466 e. The van der Waals surface area contributed by atoms with Gasteiger partial charge in [-0.2, -0.15) is 5.06 Å². The summed E-state index contributed by atoms with van der Waals surface area (Å²) in [4.78, 5) is 87.1. The van der Waals surface area contributed by atoms with Gasteiger partial charge in [0.1, 0.15) is 6.10 Å². The van der Waals surface area contributed by atoms with E-state index in [0.717, 1.165) is 49.1 Å². The second-order valence-corrected chi connectivity index (χ2v) is 10.5. The summed E-state index contributed by atoms with van der Waals surface area (Å²) >= 11 is 0. The number of hydroxylamine groups is 2. The number of methoxy groups -OCH3 is 6. The fourth-order valence-corrected chi connectivity index (χ4v) is 5.28. The Bertz CT molecular complexity index is 1180. The molecule has 1 aliphatic carbocycles. The third-order valence-electron chi connectivity index (χ3n) is 7.07. The highest BCUT2D eigenvalue weighted by Gasteiger charge is 2.52. The van der Waals surface area contributed by atoms with E-state index in [0.29, 0.717) is 12.8 Å². The Hall–Kier alpha value is -4.04. The number of carbonyl (C=O) groups excluding carboxylic acids is 6. The van der Waals surface area contributed by atoms with E-state index >= 15 is 0 Å². The van der Waals surface area contributed by atoms with E-state index in [2.05, 4.69) is 0 Å². The first kappa shape index (κ1) is 34.2. The quantitative estimate of drug-likeness (QED) is 0.290. The maximum absolute atomic E-state index is 13.6. The second kappa shape index (κ2) is 13.3. The molecule has 42 heavy (non-hydrogen) atoms. The van der Waals surface area contributed by atoms with Crippen LogP contribution in [0.2, 0.25) is 0 Å². The van der Waals surface area contributed by atoms with Gasteiger partial charge in [0.2, 0.25) is 0 Å². The monoisotopic (exact) mass is 595 g/mol. The van der Waals surface area contributed by atoms with Crippen LogP contribution < -0.4 is 0 Å². The molecule has 2 aliphatic rings. The molecule has 0 radical (unpaired) electrons. The second-order valence-electron chi connectivity index (χ2n) is 10.5. The van der Waals surface area contributed by atoms with E-state index in [4.69, 9.17) is 33.3 Å². The van der Waals surface area contributed by atoms with Crippen molar-refractivity contribution in [1.82, 2.24) is 5.06 Å². The predicted octanol–water partition coefficient (Wildman–Crippen LogP) is 1.27. The van der Waals surface area contributed by atoms with Crippen LogP contribution in [0.4, 0.5) is 0 Å².